The summed E-state index contributed by atoms with van der Waals surface area (Å²) >= 11 is 5.98. The number of piperidine rings is 2. The molecule has 0 bridgehead atoms. The monoisotopic (exact) mass is 413 g/mol. The van der Waals surface area contributed by atoms with E-state index in [0.29, 0.717) is 11.0 Å². The minimum absolute atomic E-state index is 0.495. The summed E-state index contributed by atoms with van der Waals surface area (Å²) in [5, 5.41) is 5.21. The van der Waals surface area contributed by atoms with E-state index in [-0.39, 0.29) is 0 Å². The third-order valence-electron chi connectivity index (χ3n) is 5.48. The second kappa shape index (κ2) is 9.39. The van der Waals surface area contributed by atoms with Gasteiger partial charge in [0.05, 0.1) is 5.71 Å². The predicted molar refractivity (Wildman–Crippen MR) is 119 cm³/mol. The number of rotatable bonds is 5. The predicted octanol–water partition coefficient (Wildman–Crippen LogP) is 4.34. The molecule has 8 heteroatoms. The lowest BCUT2D eigenvalue weighted by atomic mass is 10.1. The molecule has 2 saturated heterocycles. The number of hydrogen-bond acceptors (Lipinski definition) is 7. The Kier molecular flexibility index (Phi) is 6.44. The van der Waals surface area contributed by atoms with Crippen molar-refractivity contribution >= 4 is 35.2 Å². The van der Waals surface area contributed by atoms with Crippen LogP contribution in [0.15, 0.2) is 29.4 Å². The SMILES string of the molecule is C/C(=N\Nc1nc(N2CCCCC2)nc(N2CCCCC2)n1)c1ccc(Cl)cc1. The van der Waals surface area contributed by atoms with Gasteiger partial charge in [-0.05, 0) is 63.1 Å². The topological polar surface area (TPSA) is 69.5 Å². The molecule has 1 N–H and O–H groups in total. The van der Waals surface area contributed by atoms with E-state index in [0.717, 1.165) is 49.4 Å². The van der Waals surface area contributed by atoms with Crippen molar-refractivity contribution in [3.05, 3.63) is 34.9 Å². The molecule has 0 amide bonds. The molecular formula is C21H28ClN7. The van der Waals surface area contributed by atoms with Crippen LogP contribution in [0.4, 0.5) is 17.8 Å². The van der Waals surface area contributed by atoms with Crippen LogP contribution in [0.1, 0.15) is 51.0 Å². The zero-order chi connectivity index (χ0) is 20.1. The normalized spacial score (nSPS) is 18.1. The summed E-state index contributed by atoms with van der Waals surface area (Å²) in [6, 6.07) is 7.63. The number of nitrogens with one attached hydrogen (secondary N) is 1. The van der Waals surface area contributed by atoms with Gasteiger partial charge in [0.2, 0.25) is 17.8 Å². The van der Waals surface area contributed by atoms with Crippen LogP contribution in [0.25, 0.3) is 0 Å². The van der Waals surface area contributed by atoms with Crippen molar-refractivity contribution in [3.63, 3.8) is 0 Å². The van der Waals surface area contributed by atoms with Crippen molar-refractivity contribution in [1.82, 2.24) is 15.0 Å². The van der Waals surface area contributed by atoms with Gasteiger partial charge in [-0.25, -0.2) is 5.43 Å². The molecule has 2 aliphatic heterocycles. The number of halogens is 1. The lowest BCUT2D eigenvalue weighted by Gasteiger charge is -2.30. The number of hydrogen-bond donors (Lipinski definition) is 1. The highest BCUT2D eigenvalue weighted by atomic mass is 35.5. The fraction of sp³-hybridized carbons (Fsp3) is 0.524. The van der Waals surface area contributed by atoms with Gasteiger partial charge in [0.1, 0.15) is 0 Å². The fourth-order valence-corrected chi connectivity index (χ4v) is 3.89. The Morgan fingerprint density at radius 3 is 1.86 bits per heavy atom. The largest absolute Gasteiger partial charge is 0.341 e. The van der Waals surface area contributed by atoms with E-state index in [2.05, 4.69) is 30.3 Å². The highest BCUT2D eigenvalue weighted by molar-refractivity contribution is 6.30. The summed E-state index contributed by atoms with van der Waals surface area (Å²) in [6.45, 7) is 5.94. The van der Waals surface area contributed by atoms with Gasteiger partial charge in [-0.2, -0.15) is 20.1 Å². The van der Waals surface area contributed by atoms with E-state index in [1.54, 1.807) is 0 Å². The first-order valence-corrected chi connectivity index (χ1v) is 10.9. The highest BCUT2D eigenvalue weighted by Gasteiger charge is 2.20. The average Bonchev–Trinajstić information content (AvgIpc) is 2.79. The molecule has 1 aromatic heterocycles. The Morgan fingerprint density at radius 1 is 0.828 bits per heavy atom. The molecule has 0 radical (unpaired) electrons. The summed E-state index contributed by atoms with van der Waals surface area (Å²) in [5.41, 5.74) is 4.91. The van der Waals surface area contributed by atoms with Crippen LogP contribution in [-0.4, -0.2) is 46.8 Å². The quantitative estimate of drug-likeness (QED) is 0.580. The fourth-order valence-electron chi connectivity index (χ4n) is 3.76. The van der Waals surface area contributed by atoms with Crippen molar-refractivity contribution in [2.45, 2.75) is 45.4 Å². The van der Waals surface area contributed by atoms with Crippen LogP contribution < -0.4 is 15.2 Å². The van der Waals surface area contributed by atoms with E-state index in [1.165, 1.54) is 38.5 Å². The van der Waals surface area contributed by atoms with E-state index in [1.807, 2.05) is 31.2 Å². The molecule has 0 saturated carbocycles. The maximum Gasteiger partial charge on any atom is 0.250 e. The van der Waals surface area contributed by atoms with Gasteiger partial charge in [0.15, 0.2) is 0 Å². The number of nitrogens with zero attached hydrogens (tertiary/aromatic N) is 6. The summed E-state index contributed by atoms with van der Waals surface area (Å²) in [6.07, 6.45) is 7.28. The van der Waals surface area contributed by atoms with Gasteiger partial charge < -0.3 is 9.80 Å². The molecular weight excluding hydrogens is 386 g/mol. The Bertz CT molecular complexity index is 804. The van der Waals surface area contributed by atoms with Gasteiger partial charge in [-0.15, -0.1) is 0 Å². The van der Waals surface area contributed by atoms with Crippen LogP contribution in [0.5, 0.6) is 0 Å². The first kappa shape index (κ1) is 19.9. The molecule has 2 fully saturated rings. The Balaban J connectivity index is 1.58. The van der Waals surface area contributed by atoms with Crippen LogP contribution in [0.3, 0.4) is 0 Å². The average molecular weight is 414 g/mol. The van der Waals surface area contributed by atoms with Gasteiger partial charge >= 0.3 is 0 Å². The number of hydrazone groups is 1. The first-order chi connectivity index (χ1) is 14.2. The molecule has 0 spiro atoms. The summed E-state index contributed by atoms with van der Waals surface area (Å²) in [7, 11) is 0. The summed E-state index contributed by atoms with van der Waals surface area (Å²) in [5.74, 6) is 2.00. The molecule has 0 unspecified atom stereocenters. The maximum atomic E-state index is 5.98. The molecule has 2 aromatic rings. The van der Waals surface area contributed by atoms with Crippen molar-refractivity contribution in [3.8, 4) is 0 Å². The van der Waals surface area contributed by atoms with Crippen LogP contribution in [0, 0.1) is 0 Å². The van der Waals surface area contributed by atoms with Crippen LogP contribution in [-0.2, 0) is 0 Å². The number of benzene rings is 1. The van der Waals surface area contributed by atoms with Gasteiger partial charge in [-0.1, -0.05) is 23.7 Å². The maximum absolute atomic E-state index is 5.98. The van der Waals surface area contributed by atoms with Crippen molar-refractivity contribution in [2.75, 3.05) is 41.4 Å². The first-order valence-electron chi connectivity index (χ1n) is 10.5. The lowest BCUT2D eigenvalue weighted by molar-refractivity contribution is 0.556. The Hall–Kier alpha value is -2.41. The standard InChI is InChI=1S/C21H28ClN7/c1-16(17-8-10-18(22)11-9-17)26-27-19-23-20(28-12-4-2-5-13-28)25-21(24-19)29-14-6-3-7-15-29/h8-11H,2-7,12-15H2,1H3,(H,23,24,25,27)/b26-16+. The van der Waals surface area contributed by atoms with E-state index < -0.39 is 0 Å². The molecule has 4 rings (SSSR count). The molecule has 1 aromatic carbocycles. The van der Waals surface area contributed by atoms with Crippen molar-refractivity contribution < 1.29 is 0 Å². The summed E-state index contributed by atoms with van der Waals surface area (Å²) < 4.78 is 0. The highest BCUT2D eigenvalue weighted by Crippen LogP contribution is 2.22. The molecule has 3 heterocycles. The van der Waals surface area contributed by atoms with Crippen molar-refractivity contribution in [1.29, 1.82) is 0 Å². The van der Waals surface area contributed by atoms with Crippen molar-refractivity contribution in [2.24, 2.45) is 5.10 Å². The number of anilines is 3. The van der Waals surface area contributed by atoms with Gasteiger partial charge in [0.25, 0.3) is 0 Å². The van der Waals surface area contributed by atoms with Gasteiger partial charge in [0, 0.05) is 31.2 Å². The minimum Gasteiger partial charge on any atom is -0.341 e. The molecule has 0 aliphatic carbocycles. The smallest absolute Gasteiger partial charge is 0.250 e. The zero-order valence-corrected chi connectivity index (χ0v) is 17.7. The molecule has 154 valence electrons. The third-order valence-corrected chi connectivity index (χ3v) is 5.73. The molecule has 2 aliphatic rings. The Morgan fingerprint density at radius 2 is 1.34 bits per heavy atom. The lowest BCUT2D eigenvalue weighted by Crippen LogP contribution is -2.34. The minimum atomic E-state index is 0.495. The Labute approximate surface area is 177 Å². The second-order valence-corrected chi connectivity index (χ2v) is 8.11. The van der Waals surface area contributed by atoms with Gasteiger partial charge in [-0.3, -0.25) is 0 Å². The summed E-state index contributed by atoms with van der Waals surface area (Å²) in [4.78, 5) is 18.7. The van der Waals surface area contributed by atoms with Crippen LogP contribution in [0.2, 0.25) is 5.02 Å². The van der Waals surface area contributed by atoms with E-state index in [4.69, 9.17) is 16.6 Å². The second-order valence-electron chi connectivity index (χ2n) is 7.67. The molecule has 0 atom stereocenters. The van der Waals surface area contributed by atoms with Crippen LogP contribution >= 0.6 is 11.6 Å². The molecule has 7 nitrogen and oxygen atoms in total. The van der Waals surface area contributed by atoms with E-state index >= 15 is 0 Å². The molecule has 29 heavy (non-hydrogen) atoms. The van der Waals surface area contributed by atoms with E-state index in [9.17, 15) is 0 Å². The zero-order valence-electron chi connectivity index (χ0n) is 16.9. The number of aromatic nitrogens is 3. The third kappa shape index (κ3) is 5.15.